The molecule has 2 N–H and O–H groups in total. The molecule has 1 aromatic heterocycles. The number of carbonyl (C=O) groups excluding carboxylic acids is 3. The van der Waals surface area contributed by atoms with Crippen LogP contribution in [0.5, 0.6) is 0 Å². The Morgan fingerprint density at radius 1 is 0.935 bits per heavy atom. The van der Waals surface area contributed by atoms with Crippen LogP contribution in [0.15, 0.2) is 75.8 Å². The van der Waals surface area contributed by atoms with Gasteiger partial charge >= 0.3 is 0 Å². The van der Waals surface area contributed by atoms with E-state index in [0.717, 1.165) is 4.47 Å². The SMILES string of the molecule is CN(C(=O)c1ccco1)c1ccccc1C(=O)NCCCNC(=O)c1cccc(Br)c1. The molecule has 7 nitrogen and oxygen atoms in total. The smallest absolute Gasteiger partial charge is 0.293 e. The number of furan rings is 1. The Hall–Kier alpha value is -3.39. The third-order valence-electron chi connectivity index (χ3n) is 4.56. The molecule has 31 heavy (non-hydrogen) atoms. The second-order valence-electron chi connectivity index (χ2n) is 6.73. The Morgan fingerprint density at radius 2 is 1.68 bits per heavy atom. The number of halogens is 1. The lowest BCUT2D eigenvalue weighted by molar-refractivity contribution is 0.0950. The summed E-state index contributed by atoms with van der Waals surface area (Å²) in [6.07, 6.45) is 1.99. The molecule has 0 aliphatic heterocycles. The number of hydrogen-bond acceptors (Lipinski definition) is 4. The molecule has 0 aliphatic carbocycles. The first-order valence-corrected chi connectivity index (χ1v) is 10.5. The van der Waals surface area contributed by atoms with Crippen molar-refractivity contribution in [3.05, 3.63) is 88.3 Å². The molecule has 0 unspecified atom stereocenters. The van der Waals surface area contributed by atoms with E-state index in [9.17, 15) is 14.4 Å². The van der Waals surface area contributed by atoms with Crippen molar-refractivity contribution in [2.24, 2.45) is 0 Å². The van der Waals surface area contributed by atoms with Gasteiger partial charge in [0.05, 0.1) is 17.5 Å². The van der Waals surface area contributed by atoms with Crippen LogP contribution in [0.4, 0.5) is 5.69 Å². The Kier molecular flexibility index (Phi) is 7.61. The summed E-state index contributed by atoms with van der Waals surface area (Å²) in [5, 5.41) is 5.66. The molecule has 3 amide bonds. The van der Waals surface area contributed by atoms with Crippen molar-refractivity contribution in [1.29, 1.82) is 0 Å². The average molecular weight is 484 g/mol. The Labute approximate surface area is 188 Å². The molecule has 3 aromatic rings. The molecule has 8 heteroatoms. The third-order valence-corrected chi connectivity index (χ3v) is 5.05. The van der Waals surface area contributed by atoms with Gasteiger partial charge in [-0.3, -0.25) is 14.4 Å². The summed E-state index contributed by atoms with van der Waals surface area (Å²) >= 11 is 3.34. The lowest BCUT2D eigenvalue weighted by atomic mass is 10.1. The zero-order valence-electron chi connectivity index (χ0n) is 16.9. The second-order valence-corrected chi connectivity index (χ2v) is 7.65. The lowest BCUT2D eigenvalue weighted by Gasteiger charge is -2.19. The van der Waals surface area contributed by atoms with Crippen molar-refractivity contribution >= 4 is 39.3 Å². The molecule has 1 heterocycles. The Balaban J connectivity index is 1.52. The third kappa shape index (κ3) is 5.82. The van der Waals surface area contributed by atoms with Crippen molar-refractivity contribution in [2.75, 3.05) is 25.0 Å². The number of para-hydroxylation sites is 1. The predicted molar refractivity (Wildman–Crippen MR) is 121 cm³/mol. The van der Waals surface area contributed by atoms with Gasteiger partial charge in [0.1, 0.15) is 0 Å². The minimum Gasteiger partial charge on any atom is -0.459 e. The fraction of sp³-hybridized carbons (Fsp3) is 0.174. The fourth-order valence-electron chi connectivity index (χ4n) is 2.95. The average Bonchev–Trinajstić information content (AvgIpc) is 3.32. The van der Waals surface area contributed by atoms with Gasteiger partial charge in [-0.2, -0.15) is 0 Å². The van der Waals surface area contributed by atoms with Gasteiger partial charge in [0.15, 0.2) is 5.76 Å². The van der Waals surface area contributed by atoms with Crippen LogP contribution in [0.1, 0.15) is 37.7 Å². The monoisotopic (exact) mass is 483 g/mol. The summed E-state index contributed by atoms with van der Waals surface area (Å²) in [5.74, 6) is -0.622. The van der Waals surface area contributed by atoms with Gasteiger partial charge in [-0.1, -0.05) is 34.1 Å². The molecule has 0 aliphatic rings. The molecule has 0 spiro atoms. The van der Waals surface area contributed by atoms with Crippen molar-refractivity contribution in [3.63, 3.8) is 0 Å². The number of nitrogens with one attached hydrogen (secondary N) is 2. The first-order chi connectivity index (χ1) is 15.0. The summed E-state index contributed by atoms with van der Waals surface area (Å²) in [4.78, 5) is 38.7. The van der Waals surface area contributed by atoms with E-state index < -0.39 is 0 Å². The van der Waals surface area contributed by atoms with Crippen LogP contribution in [0.3, 0.4) is 0 Å². The van der Waals surface area contributed by atoms with Crippen LogP contribution in [0.2, 0.25) is 0 Å². The molecular weight excluding hydrogens is 462 g/mol. The summed E-state index contributed by atoms with van der Waals surface area (Å²) in [6, 6.07) is 17.2. The highest BCUT2D eigenvalue weighted by Gasteiger charge is 2.21. The van der Waals surface area contributed by atoms with Gasteiger partial charge in [0.2, 0.25) is 0 Å². The van der Waals surface area contributed by atoms with Gasteiger partial charge in [0, 0.05) is 30.2 Å². The molecule has 0 saturated heterocycles. The highest BCUT2D eigenvalue weighted by Crippen LogP contribution is 2.21. The highest BCUT2D eigenvalue weighted by atomic mass is 79.9. The van der Waals surface area contributed by atoms with E-state index in [2.05, 4.69) is 26.6 Å². The number of nitrogens with zero attached hydrogens (tertiary/aromatic N) is 1. The van der Waals surface area contributed by atoms with Crippen LogP contribution < -0.4 is 15.5 Å². The summed E-state index contributed by atoms with van der Waals surface area (Å²) in [6.45, 7) is 0.798. The van der Waals surface area contributed by atoms with E-state index in [1.165, 1.54) is 11.2 Å². The minimum absolute atomic E-state index is 0.170. The number of carbonyl (C=O) groups is 3. The van der Waals surface area contributed by atoms with Crippen molar-refractivity contribution in [1.82, 2.24) is 10.6 Å². The first kappa shape index (κ1) is 22.3. The normalized spacial score (nSPS) is 10.4. The number of benzene rings is 2. The summed E-state index contributed by atoms with van der Waals surface area (Å²) in [5.41, 5.74) is 1.42. The van der Waals surface area contributed by atoms with Crippen LogP contribution in [0, 0.1) is 0 Å². The maximum Gasteiger partial charge on any atom is 0.293 e. The summed E-state index contributed by atoms with van der Waals surface area (Å²) < 4.78 is 5.99. The van der Waals surface area contributed by atoms with E-state index in [1.807, 2.05) is 6.07 Å². The van der Waals surface area contributed by atoms with E-state index in [0.29, 0.717) is 36.3 Å². The zero-order chi connectivity index (χ0) is 22.2. The number of hydrogen-bond donors (Lipinski definition) is 2. The Morgan fingerprint density at radius 3 is 2.39 bits per heavy atom. The van der Waals surface area contributed by atoms with Gasteiger partial charge < -0.3 is 20.0 Å². The van der Waals surface area contributed by atoms with Crippen molar-refractivity contribution < 1.29 is 18.8 Å². The zero-order valence-corrected chi connectivity index (χ0v) is 18.5. The van der Waals surface area contributed by atoms with Gasteiger partial charge in [0.25, 0.3) is 17.7 Å². The Bertz CT molecular complexity index is 1070. The lowest BCUT2D eigenvalue weighted by Crippen LogP contribution is -2.32. The van der Waals surface area contributed by atoms with E-state index >= 15 is 0 Å². The number of anilines is 1. The van der Waals surface area contributed by atoms with Crippen LogP contribution in [0.25, 0.3) is 0 Å². The van der Waals surface area contributed by atoms with Crippen LogP contribution >= 0.6 is 15.9 Å². The number of amides is 3. The largest absolute Gasteiger partial charge is 0.459 e. The van der Waals surface area contributed by atoms with Gasteiger partial charge in [-0.05, 0) is 48.9 Å². The molecule has 0 bridgehead atoms. The van der Waals surface area contributed by atoms with E-state index in [1.54, 1.807) is 61.6 Å². The molecule has 0 radical (unpaired) electrons. The summed E-state index contributed by atoms with van der Waals surface area (Å²) in [7, 11) is 1.59. The minimum atomic E-state index is -0.347. The maximum absolute atomic E-state index is 12.7. The van der Waals surface area contributed by atoms with Gasteiger partial charge in [-0.25, -0.2) is 0 Å². The molecule has 0 fully saturated rings. The van der Waals surface area contributed by atoms with Crippen molar-refractivity contribution in [2.45, 2.75) is 6.42 Å². The fourth-order valence-corrected chi connectivity index (χ4v) is 3.35. The molecule has 0 saturated carbocycles. The second kappa shape index (κ2) is 10.6. The standard InChI is InChI=1S/C23H22BrN3O4/c1-27(23(30)20-11-5-14-31-20)19-10-3-2-9-18(19)22(29)26-13-6-12-25-21(28)16-7-4-8-17(24)15-16/h2-5,7-11,14-15H,6,12-13H2,1H3,(H,25,28)(H,26,29). The van der Waals surface area contributed by atoms with Crippen LogP contribution in [-0.2, 0) is 0 Å². The molecule has 3 rings (SSSR count). The van der Waals surface area contributed by atoms with Gasteiger partial charge in [-0.15, -0.1) is 0 Å². The molecular formula is C23H22BrN3O4. The first-order valence-electron chi connectivity index (χ1n) is 9.70. The van der Waals surface area contributed by atoms with Crippen LogP contribution in [-0.4, -0.2) is 37.9 Å². The van der Waals surface area contributed by atoms with Crippen molar-refractivity contribution in [3.8, 4) is 0 Å². The molecule has 0 atom stereocenters. The highest BCUT2D eigenvalue weighted by molar-refractivity contribution is 9.10. The quantitative estimate of drug-likeness (QED) is 0.475. The maximum atomic E-state index is 12.7. The number of rotatable bonds is 8. The topological polar surface area (TPSA) is 91.7 Å². The predicted octanol–water partition coefficient (Wildman–Crippen LogP) is 3.87. The van der Waals surface area contributed by atoms with E-state index in [-0.39, 0.29) is 23.5 Å². The van der Waals surface area contributed by atoms with E-state index in [4.69, 9.17) is 4.42 Å². The molecule has 160 valence electrons. The molecule has 2 aromatic carbocycles.